The van der Waals surface area contributed by atoms with Crippen LogP contribution in [0.5, 0.6) is 0 Å². The maximum Gasteiger partial charge on any atom is 0.407 e. The molecule has 1 saturated heterocycles. The molecule has 1 aliphatic heterocycles. The van der Waals surface area contributed by atoms with E-state index < -0.39 is 6.09 Å². The summed E-state index contributed by atoms with van der Waals surface area (Å²) < 4.78 is 0. The van der Waals surface area contributed by atoms with Crippen molar-refractivity contribution in [3.05, 3.63) is 42.0 Å². The van der Waals surface area contributed by atoms with Crippen LogP contribution in [0.1, 0.15) is 5.56 Å². The van der Waals surface area contributed by atoms with Crippen molar-refractivity contribution in [2.24, 2.45) is 0 Å². The van der Waals surface area contributed by atoms with Crippen LogP contribution in [-0.2, 0) is 4.79 Å². The largest absolute Gasteiger partial charge is 0.465 e. The molecule has 0 atom stereocenters. The molecule has 0 saturated carbocycles. The lowest BCUT2D eigenvalue weighted by atomic mass is 10.2. The van der Waals surface area contributed by atoms with Crippen LogP contribution in [0.3, 0.4) is 0 Å². The molecule has 5 nitrogen and oxygen atoms in total. The Morgan fingerprint density at radius 2 is 1.58 bits per heavy atom. The lowest BCUT2D eigenvalue weighted by Gasteiger charge is -2.32. The van der Waals surface area contributed by atoms with Crippen molar-refractivity contribution in [1.82, 2.24) is 9.80 Å². The second-order valence-electron chi connectivity index (χ2n) is 4.34. The van der Waals surface area contributed by atoms with E-state index in [4.69, 9.17) is 5.11 Å². The van der Waals surface area contributed by atoms with Gasteiger partial charge in [0.1, 0.15) is 0 Å². The predicted octanol–water partition coefficient (Wildman–Crippen LogP) is 1.52. The molecule has 1 aliphatic rings. The fraction of sp³-hybridized carbons (Fsp3) is 0.286. The molecule has 1 aromatic carbocycles. The lowest BCUT2D eigenvalue weighted by Crippen LogP contribution is -2.49. The predicted molar refractivity (Wildman–Crippen MR) is 71.7 cm³/mol. The third-order valence-corrected chi connectivity index (χ3v) is 3.08. The van der Waals surface area contributed by atoms with E-state index in [9.17, 15) is 9.59 Å². The molecular weight excluding hydrogens is 244 g/mol. The number of benzene rings is 1. The average molecular weight is 260 g/mol. The van der Waals surface area contributed by atoms with Gasteiger partial charge < -0.3 is 14.9 Å². The van der Waals surface area contributed by atoms with E-state index in [1.165, 1.54) is 11.0 Å². The van der Waals surface area contributed by atoms with Crippen LogP contribution in [0.4, 0.5) is 4.79 Å². The normalized spacial score (nSPS) is 15.8. The maximum absolute atomic E-state index is 11.9. The van der Waals surface area contributed by atoms with Crippen molar-refractivity contribution in [2.75, 3.05) is 26.2 Å². The zero-order valence-electron chi connectivity index (χ0n) is 10.5. The fourth-order valence-electron chi connectivity index (χ4n) is 1.96. The van der Waals surface area contributed by atoms with Crippen LogP contribution < -0.4 is 0 Å². The summed E-state index contributed by atoms with van der Waals surface area (Å²) in [5.41, 5.74) is 0.972. The van der Waals surface area contributed by atoms with E-state index in [2.05, 4.69) is 0 Å². The molecule has 0 bridgehead atoms. The summed E-state index contributed by atoms with van der Waals surface area (Å²) >= 11 is 0. The first kappa shape index (κ1) is 13.1. The van der Waals surface area contributed by atoms with Gasteiger partial charge in [0.15, 0.2) is 0 Å². The van der Waals surface area contributed by atoms with Gasteiger partial charge in [-0.25, -0.2) is 4.79 Å². The van der Waals surface area contributed by atoms with E-state index in [0.717, 1.165) is 5.56 Å². The second-order valence-corrected chi connectivity index (χ2v) is 4.34. The molecule has 100 valence electrons. The Kier molecular flexibility index (Phi) is 4.18. The summed E-state index contributed by atoms with van der Waals surface area (Å²) in [6.45, 7) is 1.65. The third kappa shape index (κ3) is 3.58. The van der Waals surface area contributed by atoms with E-state index >= 15 is 0 Å². The first-order valence-corrected chi connectivity index (χ1v) is 6.17. The molecule has 2 rings (SSSR count). The highest BCUT2D eigenvalue weighted by Gasteiger charge is 2.22. The topological polar surface area (TPSA) is 60.9 Å². The highest BCUT2D eigenvalue weighted by atomic mass is 16.4. The molecule has 1 N–H and O–H groups in total. The fourth-order valence-corrected chi connectivity index (χ4v) is 1.96. The minimum Gasteiger partial charge on any atom is -0.465 e. The summed E-state index contributed by atoms with van der Waals surface area (Å²) in [5.74, 6) is -0.0751. The van der Waals surface area contributed by atoms with E-state index in [-0.39, 0.29) is 5.91 Å². The summed E-state index contributed by atoms with van der Waals surface area (Å²) in [4.78, 5) is 25.7. The number of hydrogen-bond acceptors (Lipinski definition) is 2. The molecular formula is C14H16N2O3. The molecule has 2 amide bonds. The van der Waals surface area contributed by atoms with Crippen molar-refractivity contribution in [2.45, 2.75) is 0 Å². The van der Waals surface area contributed by atoms with Crippen LogP contribution in [-0.4, -0.2) is 53.1 Å². The molecule has 0 radical (unpaired) electrons. The number of carbonyl (C=O) groups excluding carboxylic acids is 1. The monoisotopic (exact) mass is 260 g/mol. The van der Waals surface area contributed by atoms with E-state index in [0.29, 0.717) is 26.2 Å². The second kappa shape index (κ2) is 6.04. The number of amides is 2. The first-order chi connectivity index (χ1) is 9.16. The summed E-state index contributed by atoms with van der Waals surface area (Å²) in [5, 5.41) is 8.82. The number of hydrogen-bond donors (Lipinski definition) is 1. The van der Waals surface area contributed by atoms with Crippen LogP contribution in [0, 0.1) is 0 Å². The Morgan fingerprint density at radius 1 is 1.00 bits per heavy atom. The van der Waals surface area contributed by atoms with Gasteiger partial charge in [0.05, 0.1) is 0 Å². The number of nitrogens with zero attached hydrogens (tertiary/aromatic N) is 2. The van der Waals surface area contributed by atoms with E-state index in [1.54, 1.807) is 11.0 Å². The van der Waals surface area contributed by atoms with Crippen LogP contribution in [0.2, 0.25) is 0 Å². The molecule has 0 aliphatic carbocycles. The standard InChI is InChI=1S/C14H16N2O3/c17-13(7-6-12-4-2-1-3-5-12)15-8-10-16(11-9-15)14(18)19/h1-7H,8-11H2,(H,18,19)/b7-6+. The Hall–Kier alpha value is -2.30. The molecule has 0 unspecified atom stereocenters. The number of rotatable bonds is 2. The average Bonchev–Trinajstić information content (AvgIpc) is 2.46. The zero-order chi connectivity index (χ0) is 13.7. The van der Waals surface area contributed by atoms with Crippen molar-refractivity contribution < 1.29 is 14.7 Å². The van der Waals surface area contributed by atoms with Gasteiger partial charge >= 0.3 is 6.09 Å². The molecule has 1 aromatic rings. The Labute approximate surface area is 111 Å². The third-order valence-electron chi connectivity index (χ3n) is 3.08. The lowest BCUT2D eigenvalue weighted by molar-refractivity contribution is -0.127. The Morgan fingerprint density at radius 3 is 2.16 bits per heavy atom. The zero-order valence-corrected chi connectivity index (χ0v) is 10.5. The number of piperazine rings is 1. The van der Waals surface area contributed by atoms with Crippen molar-refractivity contribution >= 4 is 18.1 Å². The summed E-state index contributed by atoms with van der Waals surface area (Å²) in [6.07, 6.45) is 2.38. The number of carboxylic acid groups (broad SMARTS) is 1. The molecule has 5 heteroatoms. The molecule has 1 fully saturated rings. The van der Waals surface area contributed by atoms with Crippen LogP contribution >= 0.6 is 0 Å². The molecule has 19 heavy (non-hydrogen) atoms. The van der Waals surface area contributed by atoms with Gasteiger partial charge in [-0.15, -0.1) is 0 Å². The van der Waals surface area contributed by atoms with Crippen molar-refractivity contribution in [1.29, 1.82) is 0 Å². The Bertz CT molecular complexity index is 477. The molecule has 0 spiro atoms. The van der Waals surface area contributed by atoms with Crippen LogP contribution in [0.15, 0.2) is 36.4 Å². The smallest absolute Gasteiger partial charge is 0.407 e. The van der Waals surface area contributed by atoms with Gasteiger partial charge in [0, 0.05) is 32.3 Å². The Balaban J connectivity index is 1.88. The van der Waals surface area contributed by atoms with Gasteiger partial charge in [0.2, 0.25) is 5.91 Å². The number of carbonyl (C=O) groups is 2. The van der Waals surface area contributed by atoms with Gasteiger partial charge in [-0.2, -0.15) is 0 Å². The minimum atomic E-state index is -0.924. The summed E-state index contributed by atoms with van der Waals surface area (Å²) in [6, 6.07) is 9.59. The quantitative estimate of drug-likeness (QED) is 0.820. The van der Waals surface area contributed by atoms with Gasteiger partial charge in [-0.1, -0.05) is 30.3 Å². The summed E-state index contributed by atoms with van der Waals surface area (Å²) in [7, 11) is 0. The molecule has 0 aromatic heterocycles. The van der Waals surface area contributed by atoms with Crippen molar-refractivity contribution in [3.63, 3.8) is 0 Å². The minimum absolute atomic E-state index is 0.0751. The molecule has 1 heterocycles. The van der Waals surface area contributed by atoms with E-state index in [1.807, 2.05) is 30.3 Å². The highest BCUT2D eigenvalue weighted by molar-refractivity contribution is 5.91. The van der Waals surface area contributed by atoms with Gasteiger partial charge in [0.25, 0.3) is 0 Å². The van der Waals surface area contributed by atoms with Gasteiger partial charge in [-0.05, 0) is 11.6 Å². The highest BCUT2D eigenvalue weighted by Crippen LogP contribution is 2.05. The van der Waals surface area contributed by atoms with Gasteiger partial charge in [-0.3, -0.25) is 4.79 Å². The SMILES string of the molecule is O=C(O)N1CCN(C(=O)/C=C/c2ccccc2)CC1. The maximum atomic E-state index is 11.9. The van der Waals surface area contributed by atoms with Crippen molar-refractivity contribution in [3.8, 4) is 0 Å². The first-order valence-electron chi connectivity index (χ1n) is 6.17. The van der Waals surface area contributed by atoms with Crippen LogP contribution in [0.25, 0.3) is 6.08 Å².